The monoisotopic (exact) mass is 513 g/mol. The van der Waals surface area contributed by atoms with E-state index < -0.39 is 6.04 Å². The lowest BCUT2D eigenvalue weighted by atomic mass is 9.86. The van der Waals surface area contributed by atoms with E-state index in [9.17, 15) is 14.4 Å². The molecule has 1 heterocycles. The summed E-state index contributed by atoms with van der Waals surface area (Å²) in [5, 5.41) is 2.61. The fourth-order valence-electron chi connectivity index (χ4n) is 4.71. The summed E-state index contributed by atoms with van der Waals surface area (Å²) in [7, 11) is 0. The lowest BCUT2D eigenvalue weighted by molar-refractivity contribution is -0.190. The van der Waals surface area contributed by atoms with E-state index in [1.165, 1.54) is 57.8 Å². The summed E-state index contributed by atoms with van der Waals surface area (Å²) >= 11 is 1.63. The fourth-order valence-corrected chi connectivity index (χ4v) is 5.18. The Hall–Kier alpha value is -1.24. The molecule has 6 nitrogen and oxygen atoms in total. The Morgan fingerprint density at radius 1 is 0.971 bits per heavy atom. The molecule has 0 aromatic heterocycles. The predicted octanol–water partition coefficient (Wildman–Crippen LogP) is 6.59. The maximum atomic E-state index is 12.8. The second kappa shape index (κ2) is 20.9. The molecule has 0 aliphatic carbocycles. The highest BCUT2D eigenvalue weighted by molar-refractivity contribution is 7.98. The molecule has 0 bridgehead atoms. The summed E-state index contributed by atoms with van der Waals surface area (Å²) in [4.78, 5) is 35.9. The van der Waals surface area contributed by atoms with E-state index in [0.717, 1.165) is 44.3 Å². The summed E-state index contributed by atoms with van der Waals surface area (Å²) in [5.41, 5.74) is 0. The van der Waals surface area contributed by atoms with Crippen LogP contribution < -0.4 is 5.32 Å². The zero-order chi connectivity index (χ0) is 25.7. The molecule has 4 atom stereocenters. The van der Waals surface area contributed by atoms with Crippen molar-refractivity contribution in [2.45, 2.75) is 141 Å². The molecule has 7 heteroatoms. The molecular weight excluding hydrogens is 462 g/mol. The minimum absolute atomic E-state index is 0.0726. The van der Waals surface area contributed by atoms with Crippen LogP contribution in [0.4, 0.5) is 0 Å². The van der Waals surface area contributed by atoms with Crippen LogP contribution in [0.3, 0.4) is 0 Å². The van der Waals surface area contributed by atoms with Crippen LogP contribution in [-0.2, 0) is 23.9 Å². The van der Waals surface area contributed by atoms with Crippen molar-refractivity contribution in [1.29, 1.82) is 0 Å². The molecule has 0 saturated carbocycles. The summed E-state index contributed by atoms with van der Waals surface area (Å²) in [5.74, 6) is 0.206. The summed E-state index contributed by atoms with van der Waals surface area (Å²) in [6.45, 7) is 4.42. The van der Waals surface area contributed by atoms with Gasteiger partial charge >= 0.3 is 11.9 Å². The number of nitrogens with one attached hydrogen (secondary N) is 1. The Labute approximate surface area is 218 Å². The molecule has 0 aromatic carbocycles. The van der Waals surface area contributed by atoms with Crippen LogP contribution >= 0.6 is 11.8 Å². The molecule has 0 aromatic rings. The van der Waals surface area contributed by atoms with Gasteiger partial charge in [-0.05, 0) is 37.7 Å². The van der Waals surface area contributed by atoms with E-state index in [0.29, 0.717) is 19.3 Å². The van der Waals surface area contributed by atoms with Gasteiger partial charge in [0.2, 0.25) is 6.41 Å². The first-order chi connectivity index (χ1) is 17.1. The molecule has 1 aliphatic heterocycles. The molecule has 0 unspecified atom stereocenters. The molecule has 0 spiro atoms. The molecule has 0 radical (unpaired) electrons. The van der Waals surface area contributed by atoms with Gasteiger partial charge in [0.15, 0.2) is 0 Å². The van der Waals surface area contributed by atoms with E-state index in [1.54, 1.807) is 11.8 Å². The van der Waals surface area contributed by atoms with Gasteiger partial charge in [0, 0.05) is 6.42 Å². The fraction of sp³-hybridized carbons (Fsp3) is 0.893. The van der Waals surface area contributed by atoms with Gasteiger partial charge in [-0.2, -0.15) is 11.8 Å². The average molecular weight is 514 g/mol. The van der Waals surface area contributed by atoms with Crippen molar-refractivity contribution in [2.75, 3.05) is 12.0 Å². The number of carbonyl (C=O) groups is 3. The predicted molar refractivity (Wildman–Crippen MR) is 144 cm³/mol. The van der Waals surface area contributed by atoms with Crippen LogP contribution in [0.1, 0.15) is 123 Å². The van der Waals surface area contributed by atoms with E-state index in [-0.39, 0.29) is 30.1 Å². The molecule has 1 rings (SSSR count). The van der Waals surface area contributed by atoms with Gasteiger partial charge < -0.3 is 14.8 Å². The van der Waals surface area contributed by atoms with Crippen LogP contribution in [0.25, 0.3) is 0 Å². The van der Waals surface area contributed by atoms with Gasteiger partial charge in [-0.3, -0.25) is 9.59 Å². The number of carbonyl (C=O) groups excluding carboxylic acids is 3. The van der Waals surface area contributed by atoms with E-state index in [4.69, 9.17) is 9.47 Å². The molecule has 1 amide bonds. The van der Waals surface area contributed by atoms with Gasteiger partial charge in [0.05, 0.1) is 5.92 Å². The van der Waals surface area contributed by atoms with Gasteiger partial charge in [-0.25, -0.2) is 4.79 Å². The van der Waals surface area contributed by atoms with Crippen molar-refractivity contribution in [3.63, 3.8) is 0 Å². The van der Waals surface area contributed by atoms with Crippen LogP contribution in [0.2, 0.25) is 0 Å². The first kappa shape index (κ1) is 31.8. The summed E-state index contributed by atoms with van der Waals surface area (Å²) in [6.07, 6.45) is 20.5. The van der Waals surface area contributed by atoms with Crippen LogP contribution in [0.5, 0.6) is 0 Å². The summed E-state index contributed by atoms with van der Waals surface area (Å²) < 4.78 is 11.4. The normalized spacial score (nSPS) is 18.9. The third-order valence-electron chi connectivity index (χ3n) is 6.96. The number of unbranched alkanes of at least 4 members (excludes halogenated alkanes) is 11. The Morgan fingerprint density at radius 2 is 1.57 bits per heavy atom. The quantitative estimate of drug-likeness (QED) is 0.0891. The minimum atomic E-state index is -0.626. The Balaban J connectivity index is 2.56. The number of thioether (sulfide) groups is 1. The van der Waals surface area contributed by atoms with Crippen LogP contribution in [-0.4, -0.2) is 48.6 Å². The molecule has 204 valence electrons. The Morgan fingerprint density at radius 3 is 2.14 bits per heavy atom. The maximum Gasteiger partial charge on any atom is 0.328 e. The number of ether oxygens (including phenoxy) is 2. The number of rotatable bonds is 24. The number of esters is 2. The summed E-state index contributed by atoms with van der Waals surface area (Å²) in [6, 6.07) is -0.626. The zero-order valence-electron chi connectivity index (χ0n) is 22.6. The topological polar surface area (TPSA) is 81.7 Å². The lowest BCUT2D eigenvalue weighted by Crippen LogP contribution is -2.48. The second-order valence-electron chi connectivity index (χ2n) is 9.96. The van der Waals surface area contributed by atoms with Crippen molar-refractivity contribution < 1.29 is 23.9 Å². The van der Waals surface area contributed by atoms with Gasteiger partial charge in [-0.15, -0.1) is 0 Å². The highest BCUT2D eigenvalue weighted by Crippen LogP contribution is 2.32. The average Bonchev–Trinajstić information content (AvgIpc) is 2.84. The minimum Gasteiger partial charge on any atom is -0.461 e. The van der Waals surface area contributed by atoms with Crippen molar-refractivity contribution in [2.24, 2.45) is 5.92 Å². The van der Waals surface area contributed by atoms with Crippen LogP contribution in [0, 0.1) is 5.92 Å². The molecule has 35 heavy (non-hydrogen) atoms. The highest BCUT2D eigenvalue weighted by Gasteiger charge is 2.43. The third kappa shape index (κ3) is 14.2. The Kier molecular flexibility index (Phi) is 19.0. The van der Waals surface area contributed by atoms with Crippen molar-refractivity contribution >= 4 is 30.1 Å². The zero-order valence-corrected chi connectivity index (χ0v) is 23.4. The third-order valence-corrected chi connectivity index (χ3v) is 7.60. The Bertz CT molecular complexity index is 574. The first-order valence-corrected chi connectivity index (χ1v) is 15.6. The number of amides is 1. The lowest BCUT2D eigenvalue weighted by Gasteiger charge is -2.37. The van der Waals surface area contributed by atoms with Crippen LogP contribution in [0.15, 0.2) is 0 Å². The second-order valence-corrected chi connectivity index (χ2v) is 10.9. The largest absolute Gasteiger partial charge is 0.461 e. The number of hydrogen-bond acceptors (Lipinski definition) is 6. The molecule has 1 N–H and O–H groups in total. The molecular formula is C28H51NO5S. The standard InChI is InChI=1S/C28H51NO5S/c1-4-6-8-10-11-12-13-14-15-17-23(33-28(32)25(29-22-30)19-20-35-3)21-26-24(27(31)34-26)18-16-9-7-5-2/h22-26H,4-21H2,1-3H3,(H,29,30)/t23-,24-,25-,26-/m1/s1. The number of cyclic esters (lactones) is 1. The van der Waals surface area contributed by atoms with E-state index in [2.05, 4.69) is 19.2 Å². The molecule has 1 fully saturated rings. The molecule has 1 saturated heterocycles. The highest BCUT2D eigenvalue weighted by atomic mass is 32.2. The van der Waals surface area contributed by atoms with Gasteiger partial charge in [-0.1, -0.05) is 90.9 Å². The van der Waals surface area contributed by atoms with E-state index in [1.807, 2.05) is 6.26 Å². The van der Waals surface area contributed by atoms with Gasteiger partial charge in [0.1, 0.15) is 18.2 Å². The van der Waals surface area contributed by atoms with Gasteiger partial charge in [0.25, 0.3) is 0 Å². The first-order valence-electron chi connectivity index (χ1n) is 14.2. The molecule has 1 aliphatic rings. The SMILES string of the molecule is CCCCCCCCCCC[C@H](C[C@H]1OC(=O)[C@@H]1CCCCCC)OC(=O)[C@@H](CCSC)NC=O. The maximum absolute atomic E-state index is 12.8. The van der Waals surface area contributed by atoms with Crippen molar-refractivity contribution in [1.82, 2.24) is 5.32 Å². The number of hydrogen-bond donors (Lipinski definition) is 1. The van der Waals surface area contributed by atoms with E-state index >= 15 is 0 Å². The van der Waals surface area contributed by atoms with Crippen molar-refractivity contribution in [3.8, 4) is 0 Å². The smallest absolute Gasteiger partial charge is 0.328 e. The van der Waals surface area contributed by atoms with Crippen molar-refractivity contribution in [3.05, 3.63) is 0 Å².